The first kappa shape index (κ1) is 21.8. The van der Waals surface area contributed by atoms with Crippen LogP contribution in [0, 0.1) is 11.7 Å². The summed E-state index contributed by atoms with van der Waals surface area (Å²) in [6, 6.07) is 11.7. The maximum atomic E-state index is 13.1. The Morgan fingerprint density at radius 1 is 1.09 bits per heavy atom. The minimum atomic E-state index is -3.71. The van der Waals surface area contributed by atoms with E-state index in [-0.39, 0.29) is 29.8 Å². The fourth-order valence-corrected chi connectivity index (χ4v) is 4.92. The molecular weight excluding hydrogens is 435 g/mol. The highest BCUT2D eigenvalue weighted by Crippen LogP contribution is 2.26. The summed E-state index contributed by atoms with van der Waals surface area (Å²) < 4.78 is 45.5. The number of sulfonamides is 1. The minimum absolute atomic E-state index is 0.0433. The zero-order valence-corrected chi connectivity index (χ0v) is 17.8. The first-order chi connectivity index (χ1) is 15.4. The third kappa shape index (κ3) is 5.09. The van der Waals surface area contributed by atoms with E-state index in [0.29, 0.717) is 30.2 Å². The lowest BCUT2D eigenvalue weighted by Gasteiger charge is -2.30. The Hall–Kier alpha value is -3.37. The number of hydrogen-bond acceptors (Lipinski definition) is 6. The number of nitrogens with zero attached hydrogens (tertiary/aromatic N) is 3. The molecule has 166 valence electrons. The smallest absolute Gasteiger partial charge is 0.243 e. The highest BCUT2D eigenvalue weighted by Gasteiger charge is 2.32. The molecule has 0 atom stereocenters. The molecule has 1 saturated heterocycles. The molecule has 1 aliphatic heterocycles. The molecule has 4 rings (SSSR count). The predicted molar refractivity (Wildman–Crippen MR) is 115 cm³/mol. The molecule has 2 heterocycles. The Balaban J connectivity index is 1.35. The van der Waals surface area contributed by atoms with Crippen LogP contribution in [-0.2, 0) is 14.8 Å². The number of nitrogens with one attached hydrogen (secondary N) is 1. The van der Waals surface area contributed by atoms with Crippen LogP contribution in [0.15, 0.2) is 72.0 Å². The van der Waals surface area contributed by atoms with E-state index in [1.54, 1.807) is 30.5 Å². The number of rotatable bonds is 6. The molecule has 0 radical (unpaired) electrons. The summed E-state index contributed by atoms with van der Waals surface area (Å²) >= 11 is 0. The summed E-state index contributed by atoms with van der Waals surface area (Å²) in [4.78, 5) is 20.7. The van der Waals surface area contributed by atoms with E-state index in [9.17, 15) is 17.6 Å². The highest BCUT2D eigenvalue weighted by atomic mass is 32.2. The van der Waals surface area contributed by atoms with Crippen LogP contribution in [0.1, 0.15) is 12.8 Å². The first-order valence-electron chi connectivity index (χ1n) is 10.0. The number of carbonyl (C=O) groups excluding carboxylic acids is 1. The first-order valence-corrected chi connectivity index (χ1v) is 11.5. The molecule has 1 aromatic heterocycles. The second-order valence-electron chi connectivity index (χ2n) is 7.30. The molecule has 1 aliphatic rings. The normalized spacial score (nSPS) is 15.3. The summed E-state index contributed by atoms with van der Waals surface area (Å²) in [6.45, 7) is 0.432. The average molecular weight is 456 g/mol. The number of ether oxygens (including phenoxy) is 1. The third-order valence-electron chi connectivity index (χ3n) is 5.14. The molecule has 0 bridgehead atoms. The summed E-state index contributed by atoms with van der Waals surface area (Å²) in [5.74, 6) is -0.153. The number of halogens is 1. The van der Waals surface area contributed by atoms with Crippen molar-refractivity contribution in [1.82, 2.24) is 14.3 Å². The lowest BCUT2D eigenvalue weighted by Crippen LogP contribution is -2.41. The highest BCUT2D eigenvalue weighted by molar-refractivity contribution is 7.89. The van der Waals surface area contributed by atoms with E-state index in [0.717, 1.165) is 12.1 Å². The van der Waals surface area contributed by atoms with Gasteiger partial charge in [-0.15, -0.1) is 0 Å². The van der Waals surface area contributed by atoms with E-state index in [2.05, 4.69) is 15.3 Å². The number of carbonyl (C=O) groups is 1. The van der Waals surface area contributed by atoms with Crippen LogP contribution < -0.4 is 10.1 Å². The number of benzene rings is 2. The summed E-state index contributed by atoms with van der Waals surface area (Å²) in [5, 5.41) is 2.86. The van der Waals surface area contributed by atoms with Crippen LogP contribution in [0.2, 0.25) is 0 Å². The fourth-order valence-electron chi connectivity index (χ4n) is 3.45. The second kappa shape index (κ2) is 9.41. The molecule has 32 heavy (non-hydrogen) atoms. The zero-order chi connectivity index (χ0) is 22.6. The van der Waals surface area contributed by atoms with Crippen LogP contribution in [-0.4, -0.2) is 41.7 Å². The lowest BCUT2D eigenvalue weighted by atomic mass is 9.97. The molecule has 0 unspecified atom stereocenters. The fraction of sp³-hybridized carbons (Fsp3) is 0.227. The van der Waals surface area contributed by atoms with Crippen molar-refractivity contribution < 1.29 is 22.3 Å². The molecule has 0 spiro atoms. The Labute approximate surface area is 185 Å². The van der Waals surface area contributed by atoms with Gasteiger partial charge in [-0.05, 0) is 49.2 Å². The van der Waals surface area contributed by atoms with Gasteiger partial charge in [0.25, 0.3) is 0 Å². The van der Waals surface area contributed by atoms with Crippen LogP contribution in [0.25, 0.3) is 0 Å². The second-order valence-corrected chi connectivity index (χ2v) is 9.23. The SMILES string of the molecule is O=C(Nc1cccc(Oc2cnccn2)c1)C1CCN(S(=O)(=O)c2ccc(F)cc2)CC1. The third-order valence-corrected chi connectivity index (χ3v) is 7.05. The van der Waals surface area contributed by atoms with Crippen molar-refractivity contribution in [2.45, 2.75) is 17.7 Å². The van der Waals surface area contributed by atoms with Crippen LogP contribution in [0.3, 0.4) is 0 Å². The van der Waals surface area contributed by atoms with Gasteiger partial charge in [-0.3, -0.25) is 9.78 Å². The van der Waals surface area contributed by atoms with Crippen molar-refractivity contribution in [3.05, 3.63) is 72.9 Å². The van der Waals surface area contributed by atoms with E-state index in [1.807, 2.05) is 0 Å². The van der Waals surface area contributed by atoms with E-state index >= 15 is 0 Å². The summed E-state index contributed by atoms with van der Waals surface area (Å²) in [5.41, 5.74) is 0.567. The van der Waals surface area contributed by atoms with Crippen LogP contribution >= 0.6 is 0 Å². The van der Waals surface area contributed by atoms with Gasteiger partial charge in [-0.2, -0.15) is 4.31 Å². The number of anilines is 1. The Bertz CT molecular complexity index is 1180. The van der Waals surface area contributed by atoms with Gasteiger partial charge in [0.15, 0.2) is 0 Å². The van der Waals surface area contributed by atoms with E-state index in [4.69, 9.17) is 4.74 Å². The molecule has 3 aromatic rings. The molecular formula is C22H21FN4O4S. The van der Waals surface area contributed by atoms with Gasteiger partial charge in [-0.25, -0.2) is 17.8 Å². The van der Waals surface area contributed by atoms with Crippen molar-refractivity contribution in [3.63, 3.8) is 0 Å². The Kier molecular flexibility index (Phi) is 6.42. The monoisotopic (exact) mass is 456 g/mol. The molecule has 8 nitrogen and oxygen atoms in total. The largest absolute Gasteiger partial charge is 0.437 e. The van der Waals surface area contributed by atoms with Crippen molar-refractivity contribution >= 4 is 21.6 Å². The number of amides is 1. The Morgan fingerprint density at radius 3 is 2.53 bits per heavy atom. The number of hydrogen-bond donors (Lipinski definition) is 1. The van der Waals surface area contributed by atoms with Gasteiger partial charge in [0.2, 0.25) is 21.8 Å². The van der Waals surface area contributed by atoms with Crippen molar-refractivity contribution in [2.75, 3.05) is 18.4 Å². The average Bonchev–Trinajstić information content (AvgIpc) is 2.80. The van der Waals surface area contributed by atoms with E-state index in [1.165, 1.54) is 28.8 Å². The maximum absolute atomic E-state index is 13.1. The van der Waals surface area contributed by atoms with Crippen molar-refractivity contribution in [1.29, 1.82) is 0 Å². The zero-order valence-electron chi connectivity index (χ0n) is 17.0. The van der Waals surface area contributed by atoms with E-state index < -0.39 is 15.8 Å². The number of piperidine rings is 1. The minimum Gasteiger partial charge on any atom is -0.437 e. The standard InChI is InChI=1S/C22H21FN4O4S/c23-17-4-6-20(7-5-17)32(29,30)27-12-8-16(9-13-27)22(28)26-18-2-1-3-19(14-18)31-21-15-24-10-11-25-21/h1-7,10-11,14-16H,8-9,12-13H2,(H,26,28). The molecule has 0 saturated carbocycles. The molecule has 10 heteroatoms. The predicted octanol–water partition coefficient (Wildman–Crippen LogP) is 3.45. The maximum Gasteiger partial charge on any atom is 0.243 e. The molecule has 1 fully saturated rings. The Morgan fingerprint density at radius 2 is 1.84 bits per heavy atom. The van der Waals surface area contributed by atoms with Crippen LogP contribution in [0.4, 0.5) is 10.1 Å². The van der Waals surface area contributed by atoms with Crippen molar-refractivity contribution in [2.24, 2.45) is 5.92 Å². The molecule has 1 N–H and O–H groups in total. The molecule has 0 aliphatic carbocycles. The molecule has 2 aromatic carbocycles. The topological polar surface area (TPSA) is 101 Å². The van der Waals surface area contributed by atoms with Gasteiger partial charge >= 0.3 is 0 Å². The lowest BCUT2D eigenvalue weighted by molar-refractivity contribution is -0.120. The van der Waals surface area contributed by atoms with Crippen molar-refractivity contribution in [3.8, 4) is 11.6 Å². The quantitative estimate of drug-likeness (QED) is 0.610. The summed E-state index contributed by atoms with van der Waals surface area (Å²) in [7, 11) is -3.71. The summed E-state index contributed by atoms with van der Waals surface area (Å²) in [6.07, 6.45) is 5.33. The molecule has 1 amide bonds. The van der Waals surface area contributed by atoms with Gasteiger partial charge in [0.1, 0.15) is 11.6 Å². The number of aromatic nitrogens is 2. The van der Waals surface area contributed by atoms with Gasteiger partial charge in [-0.1, -0.05) is 6.07 Å². The van der Waals surface area contributed by atoms with Gasteiger partial charge in [0, 0.05) is 43.2 Å². The van der Waals surface area contributed by atoms with Crippen LogP contribution in [0.5, 0.6) is 11.6 Å². The van der Waals surface area contributed by atoms with Gasteiger partial charge in [0.05, 0.1) is 11.1 Å². The van der Waals surface area contributed by atoms with Gasteiger partial charge < -0.3 is 10.1 Å².